The molecule has 0 amide bonds. The van der Waals surface area contributed by atoms with E-state index in [9.17, 15) is 9.90 Å². The largest absolute Gasteiger partial charge is 0.481 e. The normalized spacial score (nSPS) is 15.8. The number of aliphatic hydroxyl groups is 1. The number of unbranched alkanes of at least 4 members (excludes halogenated alkanes) is 1. The Kier molecular flexibility index (Phi) is 7.87. The zero-order chi connectivity index (χ0) is 14.2. The molecule has 0 aliphatic rings. The highest BCUT2D eigenvalue weighted by atomic mass is 16.4. The second-order valence-corrected chi connectivity index (χ2v) is 5.69. The molecule has 0 aromatic carbocycles. The molecule has 18 heavy (non-hydrogen) atoms. The van der Waals surface area contributed by atoms with Crippen LogP contribution in [0.25, 0.3) is 0 Å². The lowest BCUT2D eigenvalue weighted by atomic mass is 10.1. The molecule has 0 bridgehead atoms. The molecular weight excluding hydrogens is 230 g/mol. The van der Waals surface area contributed by atoms with E-state index in [1.165, 1.54) is 0 Å². The number of aliphatic hydroxyl groups excluding tert-OH is 1. The minimum atomic E-state index is -0.774. The number of carbonyl (C=O) groups is 1. The maximum atomic E-state index is 10.8. The number of nitrogens with zero attached hydrogens (tertiary/aromatic N) is 1. The lowest BCUT2D eigenvalue weighted by Gasteiger charge is -2.33. The van der Waals surface area contributed by atoms with E-state index in [1.54, 1.807) is 6.92 Å². The zero-order valence-corrected chi connectivity index (χ0v) is 12.1. The van der Waals surface area contributed by atoms with E-state index in [4.69, 9.17) is 5.11 Å². The van der Waals surface area contributed by atoms with Gasteiger partial charge in [0.05, 0.1) is 20.6 Å². The second-order valence-electron chi connectivity index (χ2n) is 5.69. The van der Waals surface area contributed by atoms with Crippen LogP contribution in [0.5, 0.6) is 0 Å². The first-order chi connectivity index (χ1) is 8.28. The van der Waals surface area contributed by atoms with E-state index in [-0.39, 0.29) is 12.0 Å². The number of carboxylic acids is 1. The van der Waals surface area contributed by atoms with Crippen LogP contribution in [0.1, 0.15) is 33.1 Å². The Balaban J connectivity index is 4.02. The Hall–Kier alpha value is -0.870. The fraction of sp³-hybridized carbons (Fsp3) is 0.786. The highest BCUT2D eigenvalue weighted by Gasteiger charge is 2.26. The minimum Gasteiger partial charge on any atom is -0.481 e. The van der Waals surface area contributed by atoms with Crippen LogP contribution in [-0.4, -0.2) is 54.0 Å². The summed E-state index contributed by atoms with van der Waals surface area (Å²) in [5.41, 5.74) is 0. The summed E-state index contributed by atoms with van der Waals surface area (Å²) in [6.07, 6.45) is 6.49. The lowest BCUT2D eigenvalue weighted by Crippen LogP contribution is -2.49. The van der Waals surface area contributed by atoms with Gasteiger partial charge >= 0.3 is 5.97 Å². The van der Waals surface area contributed by atoms with Crippen molar-refractivity contribution in [3.05, 3.63) is 12.2 Å². The molecule has 0 saturated heterocycles. The Morgan fingerprint density at radius 3 is 2.44 bits per heavy atom. The van der Waals surface area contributed by atoms with Crippen molar-refractivity contribution < 1.29 is 19.5 Å². The van der Waals surface area contributed by atoms with Gasteiger partial charge in [-0.2, -0.15) is 0 Å². The smallest absolute Gasteiger partial charge is 0.311 e. The summed E-state index contributed by atoms with van der Waals surface area (Å²) in [6, 6.07) is 0. The molecule has 0 aromatic heterocycles. The Labute approximate surface area is 111 Å². The zero-order valence-electron chi connectivity index (χ0n) is 12.1. The maximum Gasteiger partial charge on any atom is 0.311 e. The standard InChI is InChI=1S/C14H27NO3/c1-5-6-7-8-9-13(16)11-15(3,4)10-12(2)14(17)18/h5-6,12-13,16H,7-11H2,1-4H3/p+1/b6-5+. The monoisotopic (exact) mass is 258 g/mol. The fourth-order valence-electron chi connectivity index (χ4n) is 2.19. The summed E-state index contributed by atoms with van der Waals surface area (Å²) in [4.78, 5) is 10.8. The van der Waals surface area contributed by atoms with Crippen molar-refractivity contribution >= 4 is 5.97 Å². The third-order valence-electron chi connectivity index (χ3n) is 3.04. The van der Waals surface area contributed by atoms with Crippen LogP contribution < -0.4 is 0 Å². The summed E-state index contributed by atoms with van der Waals surface area (Å²) in [6.45, 7) is 4.85. The molecule has 4 heteroatoms. The van der Waals surface area contributed by atoms with Crippen LogP contribution in [0.2, 0.25) is 0 Å². The van der Waals surface area contributed by atoms with Gasteiger partial charge in [0.25, 0.3) is 0 Å². The van der Waals surface area contributed by atoms with Crippen LogP contribution in [0.4, 0.5) is 0 Å². The van der Waals surface area contributed by atoms with Crippen molar-refractivity contribution in [2.75, 3.05) is 27.2 Å². The van der Waals surface area contributed by atoms with Crippen LogP contribution in [0, 0.1) is 5.92 Å². The first-order valence-corrected chi connectivity index (χ1v) is 6.62. The van der Waals surface area contributed by atoms with Crippen molar-refractivity contribution in [1.29, 1.82) is 0 Å². The van der Waals surface area contributed by atoms with Gasteiger partial charge in [-0.1, -0.05) is 12.2 Å². The van der Waals surface area contributed by atoms with Crippen molar-refractivity contribution in [3.8, 4) is 0 Å². The van der Waals surface area contributed by atoms with Crippen LogP contribution in [0.3, 0.4) is 0 Å². The molecule has 0 aliphatic carbocycles. The molecule has 2 N–H and O–H groups in total. The second kappa shape index (κ2) is 8.27. The van der Waals surface area contributed by atoms with E-state index in [2.05, 4.69) is 6.08 Å². The van der Waals surface area contributed by atoms with Crippen molar-refractivity contribution in [1.82, 2.24) is 0 Å². The predicted molar refractivity (Wildman–Crippen MR) is 73.3 cm³/mol. The van der Waals surface area contributed by atoms with Gasteiger partial charge in [0.2, 0.25) is 0 Å². The number of rotatable bonds is 9. The third-order valence-corrected chi connectivity index (χ3v) is 3.04. The van der Waals surface area contributed by atoms with E-state index in [0.717, 1.165) is 19.3 Å². The van der Waals surface area contributed by atoms with Gasteiger partial charge in [0, 0.05) is 0 Å². The van der Waals surface area contributed by atoms with Gasteiger partial charge in [-0.05, 0) is 33.1 Å². The first-order valence-electron chi connectivity index (χ1n) is 6.62. The number of quaternary nitrogens is 1. The topological polar surface area (TPSA) is 57.5 Å². The van der Waals surface area contributed by atoms with Gasteiger partial charge in [-0.25, -0.2) is 0 Å². The maximum absolute atomic E-state index is 10.8. The SMILES string of the molecule is C/C=C/CCCC(O)C[N+](C)(C)CC(C)C(=O)O. The molecule has 0 radical (unpaired) electrons. The fourth-order valence-corrected chi connectivity index (χ4v) is 2.19. The van der Waals surface area contributed by atoms with Gasteiger partial charge in [-0.3, -0.25) is 4.79 Å². The first kappa shape index (κ1) is 17.1. The van der Waals surface area contributed by atoms with Gasteiger partial charge < -0.3 is 14.7 Å². The molecule has 0 rings (SSSR count). The number of hydrogen-bond donors (Lipinski definition) is 2. The third kappa shape index (κ3) is 8.25. The Morgan fingerprint density at radius 2 is 1.94 bits per heavy atom. The number of aliphatic carboxylic acids is 1. The summed E-state index contributed by atoms with van der Waals surface area (Å²) in [7, 11) is 3.93. The molecule has 106 valence electrons. The van der Waals surface area contributed by atoms with Gasteiger partial charge in [-0.15, -0.1) is 0 Å². The van der Waals surface area contributed by atoms with E-state index in [0.29, 0.717) is 17.6 Å². The number of allylic oxidation sites excluding steroid dienone is 2. The van der Waals surface area contributed by atoms with Crippen LogP contribution >= 0.6 is 0 Å². The summed E-state index contributed by atoms with van der Waals surface area (Å²) in [5.74, 6) is -1.15. The molecule has 0 saturated carbocycles. The van der Waals surface area contributed by atoms with Crippen molar-refractivity contribution in [2.24, 2.45) is 5.92 Å². The highest BCUT2D eigenvalue weighted by Crippen LogP contribution is 2.10. The Bertz CT molecular complexity index is 274. The average molecular weight is 258 g/mol. The summed E-state index contributed by atoms with van der Waals surface area (Å²) >= 11 is 0. The molecule has 0 aliphatic heterocycles. The minimum absolute atomic E-state index is 0.355. The number of hydrogen-bond acceptors (Lipinski definition) is 2. The molecule has 0 fully saturated rings. The molecule has 4 nitrogen and oxygen atoms in total. The molecule has 2 atom stereocenters. The molecular formula is C14H28NO3+. The molecule has 0 spiro atoms. The molecule has 0 heterocycles. The number of carboxylic acid groups (broad SMARTS) is 1. The molecule has 2 unspecified atom stereocenters. The molecule has 0 aromatic rings. The predicted octanol–water partition coefficient (Wildman–Crippen LogP) is 1.89. The highest BCUT2D eigenvalue weighted by molar-refractivity contribution is 5.69. The lowest BCUT2D eigenvalue weighted by molar-refractivity contribution is -0.895. The summed E-state index contributed by atoms with van der Waals surface area (Å²) in [5, 5.41) is 18.8. The van der Waals surface area contributed by atoms with E-state index in [1.807, 2.05) is 27.1 Å². The van der Waals surface area contributed by atoms with Crippen molar-refractivity contribution in [3.63, 3.8) is 0 Å². The van der Waals surface area contributed by atoms with Gasteiger partial charge in [0.1, 0.15) is 18.6 Å². The van der Waals surface area contributed by atoms with Crippen molar-refractivity contribution in [2.45, 2.75) is 39.2 Å². The van der Waals surface area contributed by atoms with Gasteiger partial charge in [0.15, 0.2) is 0 Å². The Morgan fingerprint density at radius 1 is 1.33 bits per heavy atom. The quantitative estimate of drug-likeness (QED) is 0.377. The number of likely N-dealkylation sites (N-methyl/N-ethyl adjacent to an activating group) is 1. The summed E-state index contributed by atoms with van der Waals surface area (Å²) < 4.78 is 0.540. The van der Waals surface area contributed by atoms with Crippen LogP contribution in [0.15, 0.2) is 12.2 Å². The van der Waals surface area contributed by atoms with E-state index >= 15 is 0 Å². The van der Waals surface area contributed by atoms with Crippen LogP contribution in [-0.2, 0) is 4.79 Å². The van der Waals surface area contributed by atoms with E-state index < -0.39 is 5.97 Å². The average Bonchev–Trinajstić information content (AvgIpc) is 2.22.